The van der Waals surface area contributed by atoms with E-state index in [4.69, 9.17) is 22.1 Å². The highest BCUT2D eigenvalue weighted by atomic mass is 35.5. The Bertz CT molecular complexity index is 800. The number of nitrogens with zero attached hydrogens (tertiary/aromatic N) is 2. The monoisotopic (exact) mass is 291 g/mol. The van der Waals surface area contributed by atoms with E-state index in [1.807, 2.05) is 0 Å². The van der Waals surface area contributed by atoms with E-state index in [9.17, 15) is 4.39 Å². The van der Waals surface area contributed by atoms with Gasteiger partial charge in [-0.1, -0.05) is 11.6 Å². The molecule has 0 fully saturated rings. The number of nitrogen functional groups attached to an aromatic ring is 1. The van der Waals surface area contributed by atoms with Crippen LogP contribution in [0.1, 0.15) is 0 Å². The lowest BCUT2D eigenvalue weighted by Crippen LogP contribution is -1.95. The van der Waals surface area contributed by atoms with E-state index in [1.165, 1.54) is 10.5 Å². The molecule has 0 unspecified atom stereocenters. The Labute approximate surface area is 119 Å². The second kappa shape index (κ2) is 4.68. The van der Waals surface area contributed by atoms with Gasteiger partial charge in [-0.25, -0.2) is 9.37 Å². The van der Waals surface area contributed by atoms with Crippen LogP contribution in [0, 0.1) is 5.82 Å². The molecule has 0 aliphatic carbocycles. The molecular formula is C14H11ClFN3O. The summed E-state index contributed by atoms with van der Waals surface area (Å²) in [6, 6.07) is 8.02. The molecule has 3 aromatic rings. The highest BCUT2D eigenvalue weighted by Gasteiger charge is 2.17. The molecule has 0 radical (unpaired) electrons. The van der Waals surface area contributed by atoms with Crippen molar-refractivity contribution in [1.82, 2.24) is 9.38 Å². The first-order valence-corrected chi connectivity index (χ1v) is 6.25. The molecule has 1 aromatic carbocycles. The minimum absolute atomic E-state index is 0.169. The molecule has 2 N–H and O–H groups in total. The largest absolute Gasteiger partial charge is 0.496 e. The number of aromatic nitrogens is 2. The number of hydrogen-bond acceptors (Lipinski definition) is 3. The van der Waals surface area contributed by atoms with E-state index in [-0.39, 0.29) is 5.65 Å². The number of methoxy groups -OCH3 is 1. The van der Waals surface area contributed by atoms with E-state index in [0.717, 1.165) is 0 Å². The van der Waals surface area contributed by atoms with Crippen molar-refractivity contribution in [2.45, 2.75) is 0 Å². The number of anilines is 1. The minimum atomic E-state index is -0.438. The number of imidazole rings is 1. The number of ether oxygens (including phenoxy) is 1. The van der Waals surface area contributed by atoms with Gasteiger partial charge in [0.05, 0.1) is 7.11 Å². The molecule has 0 spiro atoms. The van der Waals surface area contributed by atoms with Gasteiger partial charge in [-0.15, -0.1) is 0 Å². The molecule has 102 valence electrons. The predicted molar refractivity (Wildman–Crippen MR) is 76.6 cm³/mol. The van der Waals surface area contributed by atoms with Crippen LogP contribution < -0.4 is 10.5 Å². The number of nitrogens with two attached hydrogens (primary N) is 1. The number of hydrogen-bond donors (Lipinski definition) is 1. The molecule has 3 rings (SSSR count). The number of fused-ring (bicyclic) bond motifs is 1. The average molecular weight is 292 g/mol. The molecule has 0 amide bonds. The summed E-state index contributed by atoms with van der Waals surface area (Å²) in [6.45, 7) is 0. The topological polar surface area (TPSA) is 52.5 Å². The molecule has 0 saturated heterocycles. The second-order valence-electron chi connectivity index (χ2n) is 4.24. The van der Waals surface area contributed by atoms with E-state index >= 15 is 0 Å². The number of benzene rings is 1. The van der Waals surface area contributed by atoms with Crippen molar-refractivity contribution in [2.75, 3.05) is 12.8 Å². The SMILES string of the molecule is COc1ccc(Cl)cc1-c1nc2c(F)cccn2c1N. The molecule has 20 heavy (non-hydrogen) atoms. The van der Waals surface area contributed by atoms with Gasteiger partial charge in [0.25, 0.3) is 0 Å². The van der Waals surface area contributed by atoms with Gasteiger partial charge in [0.15, 0.2) is 11.5 Å². The van der Waals surface area contributed by atoms with Crippen LogP contribution in [0.5, 0.6) is 5.75 Å². The third-order valence-electron chi connectivity index (χ3n) is 3.06. The first kappa shape index (κ1) is 12.7. The fourth-order valence-corrected chi connectivity index (χ4v) is 2.29. The minimum Gasteiger partial charge on any atom is -0.496 e. The van der Waals surface area contributed by atoms with Crippen molar-refractivity contribution in [3.8, 4) is 17.0 Å². The Kier molecular flexibility index (Phi) is 2.99. The van der Waals surface area contributed by atoms with Gasteiger partial charge in [0, 0.05) is 16.8 Å². The highest BCUT2D eigenvalue weighted by molar-refractivity contribution is 6.31. The zero-order valence-corrected chi connectivity index (χ0v) is 11.4. The highest BCUT2D eigenvalue weighted by Crippen LogP contribution is 2.35. The van der Waals surface area contributed by atoms with Gasteiger partial charge in [0.1, 0.15) is 17.3 Å². The van der Waals surface area contributed by atoms with Gasteiger partial charge < -0.3 is 10.5 Å². The molecule has 0 aliphatic rings. The van der Waals surface area contributed by atoms with Crippen molar-refractivity contribution in [2.24, 2.45) is 0 Å². The van der Waals surface area contributed by atoms with Crippen LogP contribution in [-0.2, 0) is 0 Å². The van der Waals surface area contributed by atoms with Crippen molar-refractivity contribution in [3.05, 3.63) is 47.4 Å². The Balaban J connectivity index is 2.33. The zero-order chi connectivity index (χ0) is 14.3. The molecule has 0 bridgehead atoms. The molecule has 0 atom stereocenters. The molecule has 0 saturated carbocycles. The van der Waals surface area contributed by atoms with Gasteiger partial charge >= 0.3 is 0 Å². The lowest BCUT2D eigenvalue weighted by molar-refractivity contribution is 0.416. The summed E-state index contributed by atoms with van der Waals surface area (Å²) in [7, 11) is 1.54. The summed E-state index contributed by atoms with van der Waals surface area (Å²) in [5.74, 6) is 0.469. The average Bonchev–Trinajstić information content (AvgIpc) is 2.78. The normalized spacial score (nSPS) is 10.9. The quantitative estimate of drug-likeness (QED) is 0.787. The Morgan fingerprint density at radius 3 is 2.85 bits per heavy atom. The van der Waals surface area contributed by atoms with Crippen LogP contribution in [0.15, 0.2) is 36.5 Å². The summed E-state index contributed by atoms with van der Waals surface area (Å²) in [4.78, 5) is 4.26. The lowest BCUT2D eigenvalue weighted by atomic mass is 10.1. The van der Waals surface area contributed by atoms with E-state index in [2.05, 4.69) is 4.98 Å². The first-order chi connectivity index (χ1) is 9.61. The van der Waals surface area contributed by atoms with Gasteiger partial charge in [0.2, 0.25) is 0 Å². The van der Waals surface area contributed by atoms with Gasteiger partial charge in [-0.2, -0.15) is 0 Å². The van der Waals surface area contributed by atoms with Crippen LogP contribution in [-0.4, -0.2) is 16.5 Å². The maximum Gasteiger partial charge on any atom is 0.175 e. The van der Waals surface area contributed by atoms with Crippen LogP contribution in [0.2, 0.25) is 5.02 Å². The molecule has 2 aromatic heterocycles. The fourth-order valence-electron chi connectivity index (χ4n) is 2.12. The smallest absolute Gasteiger partial charge is 0.175 e. The summed E-state index contributed by atoms with van der Waals surface area (Å²) in [5.41, 5.74) is 7.28. The van der Waals surface area contributed by atoms with Gasteiger partial charge in [-0.05, 0) is 30.3 Å². The number of rotatable bonds is 2. The van der Waals surface area contributed by atoms with Crippen LogP contribution in [0.25, 0.3) is 16.9 Å². The second-order valence-corrected chi connectivity index (χ2v) is 4.68. The lowest BCUT2D eigenvalue weighted by Gasteiger charge is -2.07. The summed E-state index contributed by atoms with van der Waals surface area (Å²) < 4.78 is 20.5. The van der Waals surface area contributed by atoms with Crippen molar-refractivity contribution in [3.63, 3.8) is 0 Å². The van der Waals surface area contributed by atoms with E-state index in [0.29, 0.717) is 27.8 Å². The molecular weight excluding hydrogens is 281 g/mol. The maximum absolute atomic E-state index is 13.8. The molecule has 0 aliphatic heterocycles. The molecule has 6 heteroatoms. The van der Waals surface area contributed by atoms with Crippen molar-refractivity contribution < 1.29 is 9.13 Å². The van der Waals surface area contributed by atoms with Crippen LogP contribution >= 0.6 is 11.6 Å². The Morgan fingerprint density at radius 1 is 1.35 bits per heavy atom. The van der Waals surface area contributed by atoms with Crippen LogP contribution in [0.4, 0.5) is 10.2 Å². The zero-order valence-electron chi connectivity index (χ0n) is 10.6. The van der Waals surface area contributed by atoms with Crippen molar-refractivity contribution in [1.29, 1.82) is 0 Å². The van der Waals surface area contributed by atoms with Gasteiger partial charge in [-0.3, -0.25) is 4.40 Å². The number of pyridine rings is 1. The number of halogens is 2. The predicted octanol–water partition coefficient (Wildman–Crippen LogP) is 3.38. The molecule has 4 nitrogen and oxygen atoms in total. The third kappa shape index (κ3) is 1.87. The Hall–Kier alpha value is -2.27. The Morgan fingerprint density at radius 2 is 2.15 bits per heavy atom. The standard InChI is InChI=1S/C14H11ClFN3O/c1-20-11-5-4-8(15)7-9(11)12-13(17)19-6-2-3-10(16)14(19)18-12/h2-7H,17H2,1H3. The fraction of sp³-hybridized carbons (Fsp3) is 0.0714. The van der Waals surface area contributed by atoms with Crippen molar-refractivity contribution >= 4 is 23.1 Å². The first-order valence-electron chi connectivity index (χ1n) is 5.88. The summed E-state index contributed by atoms with van der Waals surface area (Å²) in [6.07, 6.45) is 1.65. The van der Waals surface area contributed by atoms with Crippen LogP contribution in [0.3, 0.4) is 0 Å². The summed E-state index contributed by atoms with van der Waals surface area (Å²) in [5, 5.41) is 0.526. The summed E-state index contributed by atoms with van der Waals surface area (Å²) >= 11 is 6.00. The molecule has 2 heterocycles. The van der Waals surface area contributed by atoms with E-state index in [1.54, 1.807) is 37.6 Å². The third-order valence-corrected chi connectivity index (χ3v) is 3.29. The maximum atomic E-state index is 13.8. The van der Waals surface area contributed by atoms with E-state index < -0.39 is 5.82 Å².